The average molecular weight is 356 g/mol. The van der Waals surface area contributed by atoms with Gasteiger partial charge in [0.2, 0.25) is 0 Å². The van der Waals surface area contributed by atoms with Crippen LogP contribution in [0.5, 0.6) is 0 Å². The van der Waals surface area contributed by atoms with Crippen molar-refractivity contribution in [2.24, 2.45) is 5.84 Å². The topological polar surface area (TPSA) is 38.0 Å². The van der Waals surface area contributed by atoms with Crippen LogP contribution in [0.15, 0.2) is 42.5 Å². The summed E-state index contributed by atoms with van der Waals surface area (Å²) in [6.07, 6.45) is 0. The third kappa shape index (κ3) is 2.88. The predicted molar refractivity (Wildman–Crippen MR) is 79.5 cm³/mol. The number of nitrogens with one attached hydrogen (secondary N) is 1. The maximum absolute atomic E-state index is 13.6. The summed E-state index contributed by atoms with van der Waals surface area (Å²) in [7, 11) is 0. The van der Waals surface area contributed by atoms with Gasteiger partial charge in [0, 0.05) is 3.57 Å². The summed E-state index contributed by atoms with van der Waals surface area (Å²) in [6, 6.07) is 13.0. The standard InChI is InChI=1S/C14H14FIN2/c1-9-5-6-11(8-13(9)15)14(18-17)10-3-2-4-12(16)7-10/h2-8,14,18H,17H2,1H3. The molecule has 3 N–H and O–H groups in total. The van der Waals surface area contributed by atoms with Crippen molar-refractivity contribution in [3.05, 3.63) is 68.5 Å². The molecule has 0 aliphatic heterocycles. The van der Waals surface area contributed by atoms with E-state index in [0.29, 0.717) is 5.56 Å². The molecule has 0 spiro atoms. The number of aryl methyl sites for hydroxylation is 1. The first kappa shape index (κ1) is 13.5. The summed E-state index contributed by atoms with van der Waals surface area (Å²) in [5, 5.41) is 0. The summed E-state index contributed by atoms with van der Waals surface area (Å²) in [4.78, 5) is 0. The molecule has 0 aliphatic rings. The molecule has 2 nitrogen and oxygen atoms in total. The lowest BCUT2D eigenvalue weighted by Crippen LogP contribution is -2.29. The van der Waals surface area contributed by atoms with Crippen LogP contribution < -0.4 is 11.3 Å². The summed E-state index contributed by atoms with van der Waals surface area (Å²) in [5.41, 5.74) is 5.22. The van der Waals surface area contributed by atoms with E-state index < -0.39 is 0 Å². The van der Waals surface area contributed by atoms with Crippen LogP contribution in [0.25, 0.3) is 0 Å². The van der Waals surface area contributed by atoms with E-state index in [4.69, 9.17) is 5.84 Å². The molecule has 2 aromatic carbocycles. The highest BCUT2D eigenvalue weighted by Gasteiger charge is 2.13. The Morgan fingerprint density at radius 3 is 2.50 bits per heavy atom. The number of hydrogen-bond donors (Lipinski definition) is 2. The fourth-order valence-corrected chi connectivity index (χ4v) is 2.43. The third-order valence-electron chi connectivity index (χ3n) is 2.88. The predicted octanol–water partition coefficient (Wildman–Crippen LogP) is 3.29. The number of hydrazine groups is 1. The maximum Gasteiger partial charge on any atom is 0.126 e. The molecule has 0 radical (unpaired) electrons. The van der Waals surface area contributed by atoms with Gasteiger partial charge in [0.15, 0.2) is 0 Å². The van der Waals surface area contributed by atoms with Crippen molar-refractivity contribution in [3.8, 4) is 0 Å². The average Bonchev–Trinajstić information content (AvgIpc) is 2.35. The maximum atomic E-state index is 13.6. The number of hydrogen-bond acceptors (Lipinski definition) is 2. The van der Waals surface area contributed by atoms with Crippen LogP contribution in [0.3, 0.4) is 0 Å². The molecule has 18 heavy (non-hydrogen) atoms. The molecule has 1 unspecified atom stereocenters. The van der Waals surface area contributed by atoms with Gasteiger partial charge in [-0.1, -0.05) is 24.3 Å². The molecule has 0 fully saturated rings. The lowest BCUT2D eigenvalue weighted by molar-refractivity contribution is 0.599. The fraction of sp³-hybridized carbons (Fsp3) is 0.143. The summed E-state index contributed by atoms with van der Waals surface area (Å²) < 4.78 is 14.7. The minimum Gasteiger partial charge on any atom is -0.271 e. The smallest absolute Gasteiger partial charge is 0.126 e. The SMILES string of the molecule is Cc1ccc(C(NN)c2cccc(I)c2)cc1F. The number of halogens is 2. The van der Waals surface area contributed by atoms with E-state index in [2.05, 4.69) is 28.0 Å². The zero-order valence-electron chi connectivity index (χ0n) is 9.95. The first-order chi connectivity index (χ1) is 8.61. The highest BCUT2D eigenvalue weighted by Crippen LogP contribution is 2.24. The lowest BCUT2D eigenvalue weighted by Gasteiger charge is -2.17. The molecule has 0 aliphatic carbocycles. The monoisotopic (exact) mass is 356 g/mol. The van der Waals surface area contributed by atoms with Crippen LogP contribution in [0.2, 0.25) is 0 Å². The Hall–Kier alpha value is -0.980. The van der Waals surface area contributed by atoms with Crippen molar-refractivity contribution in [2.75, 3.05) is 0 Å². The molecular weight excluding hydrogens is 342 g/mol. The second kappa shape index (κ2) is 5.77. The van der Waals surface area contributed by atoms with Gasteiger partial charge in [-0.25, -0.2) is 9.82 Å². The van der Waals surface area contributed by atoms with Gasteiger partial charge < -0.3 is 0 Å². The van der Waals surface area contributed by atoms with Crippen LogP contribution in [-0.2, 0) is 0 Å². The van der Waals surface area contributed by atoms with Crippen LogP contribution in [0, 0.1) is 16.3 Å². The first-order valence-corrected chi connectivity index (χ1v) is 6.67. The van der Waals surface area contributed by atoms with Gasteiger partial charge in [-0.15, -0.1) is 0 Å². The van der Waals surface area contributed by atoms with Crippen LogP contribution >= 0.6 is 22.6 Å². The van der Waals surface area contributed by atoms with Crippen molar-refractivity contribution in [2.45, 2.75) is 13.0 Å². The van der Waals surface area contributed by atoms with Gasteiger partial charge in [-0.3, -0.25) is 5.84 Å². The molecular formula is C14H14FIN2. The zero-order chi connectivity index (χ0) is 13.1. The normalized spacial score (nSPS) is 12.4. The molecule has 0 bridgehead atoms. The van der Waals surface area contributed by atoms with Crippen molar-refractivity contribution in [1.29, 1.82) is 0 Å². The quantitative estimate of drug-likeness (QED) is 0.503. The summed E-state index contributed by atoms with van der Waals surface area (Å²) in [5.74, 6) is 5.39. The molecule has 0 amide bonds. The minimum atomic E-state index is -0.210. The summed E-state index contributed by atoms with van der Waals surface area (Å²) in [6.45, 7) is 1.75. The molecule has 0 heterocycles. The van der Waals surface area contributed by atoms with Crippen molar-refractivity contribution < 1.29 is 4.39 Å². The van der Waals surface area contributed by atoms with Gasteiger partial charge in [0.25, 0.3) is 0 Å². The fourth-order valence-electron chi connectivity index (χ4n) is 1.86. The van der Waals surface area contributed by atoms with E-state index in [9.17, 15) is 4.39 Å². The molecule has 2 aromatic rings. The van der Waals surface area contributed by atoms with Gasteiger partial charge in [-0.05, 0) is 64.4 Å². The second-order valence-electron chi connectivity index (χ2n) is 4.16. The largest absolute Gasteiger partial charge is 0.271 e. The van der Waals surface area contributed by atoms with Crippen LogP contribution in [-0.4, -0.2) is 0 Å². The van der Waals surface area contributed by atoms with Crippen molar-refractivity contribution >= 4 is 22.6 Å². The van der Waals surface area contributed by atoms with E-state index in [1.807, 2.05) is 30.3 Å². The molecule has 94 valence electrons. The molecule has 1 atom stereocenters. The Kier molecular flexibility index (Phi) is 4.31. The van der Waals surface area contributed by atoms with E-state index >= 15 is 0 Å². The van der Waals surface area contributed by atoms with E-state index in [-0.39, 0.29) is 11.9 Å². The van der Waals surface area contributed by atoms with E-state index in [1.54, 1.807) is 13.0 Å². The second-order valence-corrected chi connectivity index (χ2v) is 5.41. The third-order valence-corrected chi connectivity index (χ3v) is 3.55. The minimum absolute atomic E-state index is 0.199. The van der Waals surface area contributed by atoms with Gasteiger partial charge >= 0.3 is 0 Å². The van der Waals surface area contributed by atoms with Crippen molar-refractivity contribution in [1.82, 2.24) is 5.43 Å². The highest BCUT2D eigenvalue weighted by molar-refractivity contribution is 14.1. The van der Waals surface area contributed by atoms with Crippen LogP contribution in [0.4, 0.5) is 4.39 Å². The first-order valence-electron chi connectivity index (χ1n) is 5.59. The summed E-state index contributed by atoms with van der Waals surface area (Å²) >= 11 is 2.24. The van der Waals surface area contributed by atoms with Crippen LogP contribution in [0.1, 0.15) is 22.7 Å². The zero-order valence-corrected chi connectivity index (χ0v) is 12.1. The van der Waals surface area contributed by atoms with Gasteiger partial charge in [-0.2, -0.15) is 0 Å². The number of rotatable bonds is 3. The lowest BCUT2D eigenvalue weighted by atomic mass is 9.98. The highest BCUT2D eigenvalue weighted by atomic mass is 127. The molecule has 0 saturated heterocycles. The molecule has 2 rings (SSSR count). The molecule has 4 heteroatoms. The number of nitrogens with two attached hydrogens (primary N) is 1. The Morgan fingerprint density at radius 2 is 1.89 bits per heavy atom. The van der Waals surface area contributed by atoms with E-state index in [1.165, 1.54) is 6.07 Å². The Balaban J connectivity index is 2.42. The molecule has 0 aromatic heterocycles. The number of benzene rings is 2. The van der Waals surface area contributed by atoms with Crippen molar-refractivity contribution in [3.63, 3.8) is 0 Å². The van der Waals surface area contributed by atoms with Gasteiger partial charge in [0.1, 0.15) is 5.82 Å². The van der Waals surface area contributed by atoms with Gasteiger partial charge in [0.05, 0.1) is 6.04 Å². The Bertz CT molecular complexity index is 557. The van der Waals surface area contributed by atoms with E-state index in [0.717, 1.165) is 14.7 Å². The Morgan fingerprint density at radius 1 is 1.17 bits per heavy atom. The molecule has 0 saturated carbocycles. The Labute approximate surface area is 120 Å².